The highest BCUT2D eigenvalue weighted by Gasteiger charge is 2.10. The van der Waals surface area contributed by atoms with Gasteiger partial charge in [0.15, 0.2) is 12.2 Å². The Morgan fingerprint density at radius 1 is 1.17 bits per heavy atom. The van der Waals surface area contributed by atoms with Gasteiger partial charge < -0.3 is 0 Å². The van der Waals surface area contributed by atoms with E-state index in [0.717, 1.165) is 0 Å². The summed E-state index contributed by atoms with van der Waals surface area (Å²) in [6.45, 7) is 2.86. The van der Waals surface area contributed by atoms with Crippen LogP contribution >= 0.6 is 0 Å². The molecule has 0 radical (unpaired) electrons. The lowest BCUT2D eigenvalue weighted by Crippen LogP contribution is -2.14. The van der Waals surface area contributed by atoms with Crippen LogP contribution in [0.3, 0.4) is 0 Å². The smallest absolute Gasteiger partial charge is 0.250 e. The minimum absolute atomic E-state index is 0.809. The lowest BCUT2D eigenvalue weighted by atomic mass is 10.5. The highest BCUT2D eigenvalue weighted by molar-refractivity contribution is 7.75. The van der Waals surface area contributed by atoms with Gasteiger partial charge in [-0.15, -0.1) is 0 Å². The van der Waals surface area contributed by atoms with E-state index >= 15 is 0 Å². The van der Waals surface area contributed by atoms with E-state index in [4.69, 9.17) is 10.5 Å². The summed E-state index contributed by atoms with van der Waals surface area (Å²) in [6, 6.07) is 3.42. The van der Waals surface area contributed by atoms with Crippen molar-refractivity contribution in [3.05, 3.63) is 0 Å². The fourth-order valence-electron chi connectivity index (χ4n) is 0.301. The SMILES string of the molecule is CC(C#N)OS(=O)OC(C)C#N. The molecule has 0 amide bonds. The summed E-state index contributed by atoms with van der Waals surface area (Å²) < 4.78 is 19.8. The monoisotopic (exact) mass is 188 g/mol. The predicted molar refractivity (Wildman–Crippen MR) is 40.5 cm³/mol. The van der Waals surface area contributed by atoms with E-state index in [1.54, 1.807) is 12.1 Å². The fourth-order valence-corrected chi connectivity index (χ4v) is 0.904. The topological polar surface area (TPSA) is 83.1 Å². The summed E-state index contributed by atoms with van der Waals surface area (Å²) in [7, 11) is 0. The molecule has 0 aliphatic rings. The molecule has 0 N–H and O–H groups in total. The minimum atomic E-state index is -2.02. The van der Waals surface area contributed by atoms with Crippen LogP contribution in [-0.4, -0.2) is 16.4 Å². The first-order chi connectivity index (χ1) is 5.60. The van der Waals surface area contributed by atoms with E-state index in [-0.39, 0.29) is 0 Å². The maximum Gasteiger partial charge on any atom is 0.307 e. The molecule has 0 spiro atoms. The quantitative estimate of drug-likeness (QED) is 0.638. The molecule has 0 aromatic heterocycles. The molecule has 0 rings (SSSR count). The Balaban J connectivity index is 3.78. The first kappa shape index (κ1) is 11.1. The van der Waals surface area contributed by atoms with Gasteiger partial charge in [-0.05, 0) is 13.8 Å². The van der Waals surface area contributed by atoms with Crippen molar-refractivity contribution in [1.29, 1.82) is 10.5 Å². The zero-order valence-electron chi connectivity index (χ0n) is 6.68. The van der Waals surface area contributed by atoms with Crippen LogP contribution in [0.4, 0.5) is 0 Å². The normalized spacial score (nSPS) is 17.0. The second-order valence-corrected chi connectivity index (χ2v) is 2.73. The largest absolute Gasteiger partial charge is 0.307 e. The Morgan fingerprint density at radius 2 is 1.50 bits per heavy atom. The maximum atomic E-state index is 10.7. The van der Waals surface area contributed by atoms with Crippen molar-refractivity contribution in [2.45, 2.75) is 26.1 Å². The van der Waals surface area contributed by atoms with Crippen LogP contribution in [0.25, 0.3) is 0 Å². The second kappa shape index (κ2) is 5.67. The Hall–Kier alpha value is -0.950. The molecule has 5 nitrogen and oxygen atoms in total. The van der Waals surface area contributed by atoms with Crippen molar-refractivity contribution in [2.75, 3.05) is 0 Å². The van der Waals surface area contributed by atoms with Crippen LogP contribution in [0.5, 0.6) is 0 Å². The van der Waals surface area contributed by atoms with Crippen LogP contribution in [0, 0.1) is 22.7 Å². The molecule has 0 aromatic rings. The number of hydrogen-bond acceptors (Lipinski definition) is 5. The maximum absolute atomic E-state index is 10.7. The summed E-state index contributed by atoms with van der Waals surface area (Å²) >= 11 is -2.02. The molecule has 0 saturated carbocycles. The van der Waals surface area contributed by atoms with Crippen molar-refractivity contribution >= 4 is 11.4 Å². The van der Waals surface area contributed by atoms with Crippen LogP contribution in [0.15, 0.2) is 0 Å². The number of hydrogen-bond donors (Lipinski definition) is 0. The van der Waals surface area contributed by atoms with Crippen LogP contribution in [-0.2, 0) is 19.7 Å². The zero-order chi connectivity index (χ0) is 9.56. The molecule has 0 aliphatic carbocycles. The third-order valence-electron chi connectivity index (χ3n) is 0.809. The van der Waals surface area contributed by atoms with Gasteiger partial charge in [-0.25, -0.2) is 0 Å². The van der Waals surface area contributed by atoms with Gasteiger partial charge in [-0.2, -0.15) is 14.7 Å². The Morgan fingerprint density at radius 3 is 1.75 bits per heavy atom. The summed E-state index contributed by atoms with van der Waals surface area (Å²) in [4.78, 5) is 0. The average molecular weight is 188 g/mol. The third-order valence-corrected chi connectivity index (χ3v) is 1.70. The van der Waals surface area contributed by atoms with Crippen molar-refractivity contribution in [3.8, 4) is 12.1 Å². The van der Waals surface area contributed by atoms with Crippen molar-refractivity contribution < 1.29 is 12.6 Å². The van der Waals surface area contributed by atoms with Gasteiger partial charge in [0, 0.05) is 0 Å². The lowest BCUT2D eigenvalue weighted by Gasteiger charge is -2.04. The van der Waals surface area contributed by atoms with E-state index in [1.165, 1.54) is 13.8 Å². The van der Waals surface area contributed by atoms with Crippen LogP contribution in [0.2, 0.25) is 0 Å². The summed E-state index contributed by atoms with van der Waals surface area (Å²) in [5.74, 6) is 0. The molecule has 2 unspecified atom stereocenters. The second-order valence-electron chi connectivity index (χ2n) is 1.94. The van der Waals surface area contributed by atoms with Gasteiger partial charge in [-0.1, -0.05) is 0 Å². The van der Waals surface area contributed by atoms with Crippen molar-refractivity contribution in [3.63, 3.8) is 0 Å². The average Bonchev–Trinajstić information content (AvgIpc) is 2.03. The van der Waals surface area contributed by atoms with Gasteiger partial charge in [0.1, 0.15) is 0 Å². The van der Waals surface area contributed by atoms with Gasteiger partial charge in [0.05, 0.1) is 12.1 Å². The number of rotatable bonds is 4. The number of nitriles is 2. The molecule has 66 valence electrons. The molecule has 0 fully saturated rings. The fraction of sp³-hybridized carbons (Fsp3) is 0.667. The summed E-state index contributed by atoms with van der Waals surface area (Å²) in [5, 5.41) is 16.5. The standard InChI is InChI=1S/C6H8N2O3S/c1-5(3-7)10-12(9)11-6(2)4-8/h5-6H,1-2H3. The lowest BCUT2D eigenvalue weighted by molar-refractivity contribution is 0.211. The minimum Gasteiger partial charge on any atom is -0.250 e. The van der Waals surface area contributed by atoms with Gasteiger partial charge >= 0.3 is 11.4 Å². The van der Waals surface area contributed by atoms with E-state index in [2.05, 4.69) is 8.37 Å². The highest BCUT2D eigenvalue weighted by atomic mass is 32.2. The predicted octanol–water partition coefficient (Wildman–Crippen LogP) is 0.422. The van der Waals surface area contributed by atoms with Crippen LogP contribution in [0.1, 0.15) is 13.8 Å². The Labute approximate surface area is 73.4 Å². The third kappa shape index (κ3) is 4.80. The van der Waals surface area contributed by atoms with E-state index in [1.807, 2.05) is 0 Å². The Kier molecular flexibility index (Phi) is 5.22. The molecular weight excluding hydrogens is 180 g/mol. The highest BCUT2D eigenvalue weighted by Crippen LogP contribution is 1.99. The van der Waals surface area contributed by atoms with E-state index in [0.29, 0.717) is 0 Å². The van der Waals surface area contributed by atoms with Gasteiger partial charge in [-0.3, -0.25) is 8.37 Å². The Bertz CT molecular complexity index is 218. The van der Waals surface area contributed by atoms with Crippen LogP contribution < -0.4 is 0 Å². The van der Waals surface area contributed by atoms with Gasteiger partial charge in [0.2, 0.25) is 0 Å². The molecule has 12 heavy (non-hydrogen) atoms. The molecule has 6 heteroatoms. The first-order valence-electron chi connectivity index (χ1n) is 3.15. The molecule has 0 aliphatic heterocycles. The molecule has 0 saturated heterocycles. The first-order valence-corrected chi connectivity index (χ1v) is 4.15. The molecule has 0 bridgehead atoms. The van der Waals surface area contributed by atoms with E-state index < -0.39 is 23.6 Å². The molecule has 0 aromatic carbocycles. The van der Waals surface area contributed by atoms with E-state index in [9.17, 15) is 4.21 Å². The molecular formula is C6H8N2O3S. The number of nitrogens with zero attached hydrogens (tertiary/aromatic N) is 2. The van der Waals surface area contributed by atoms with Crippen molar-refractivity contribution in [1.82, 2.24) is 0 Å². The zero-order valence-corrected chi connectivity index (χ0v) is 7.50. The molecule has 2 atom stereocenters. The molecule has 0 heterocycles. The summed E-state index contributed by atoms with van der Waals surface area (Å²) in [5.41, 5.74) is 0. The summed E-state index contributed by atoms with van der Waals surface area (Å²) in [6.07, 6.45) is -1.62. The van der Waals surface area contributed by atoms with Crippen molar-refractivity contribution in [2.24, 2.45) is 0 Å². The van der Waals surface area contributed by atoms with Gasteiger partial charge in [0.25, 0.3) is 0 Å².